The standard InChI is InChI=1S/C37H34O6/c1-39-29-19-15-27(16-20-29)37(26-11-4-3-5-12-26,28-17-21-30(40-2)22-18-28)42-24-36-23-41-34(35(36)38)33(43-36)32-14-8-10-25-9-6-7-13-31(25)32/h3-22,33-35,38H,23-24H2,1-2H3. The number of rotatable bonds is 9. The first-order valence-electron chi connectivity index (χ1n) is 14.5. The van der Waals surface area contributed by atoms with E-state index in [-0.39, 0.29) is 13.2 Å². The smallest absolute Gasteiger partial charge is 0.144 e. The quantitative estimate of drug-likeness (QED) is 0.205. The Hall–Kier alpha value is -4.20. The molecule has 0 spiro atoms. The van der Waals surface area contributed by atoms with E-state index >= 15 is 0 Å². The molecule has 2 heterocycles. The molecule has 0 aromatic heterocycles. The molecule has 2 saturated heterocycles. The molecule has 7 rings (SSSR count). The fourth-order valence-corrected chi connectivity index (χ4v) is 6.59. The van der Waals surface area contributed by atoms with Gasteiger partial charge in [0.2, 0.25) is 0 Å². The van der Waals surface area contributed by atoms with Crippen LogP contribution in [-0.2, 0) is 19.8 Å². The zero-order valence-electron chi connectivity index (χ0n) is 24.2. The van der Waals surface area contributed by atoms with Gasteiger partial charge in [-0.2, -0.15) is 0 Å². The Morgan fingerprint density at radius 2 is 1.30 bits per heavy atom. The van der Waals surface area contributed by atoms with Crippen molar-refractivity contribution in [2.45, 2.75) is 29.5 Å². The van der Waals surface area contributed by atoms with Gasteiger partial charge in [0.05, 0.1) is 27.4 Å². The van der Waals surface area contributed by atoms with E-state index in [1.165, 1.54) is 0 Å². The molecule has 6 heteroatoms. The maximum atomic E-state index is 11.7. The SMILES string of the molecule is COc1ccc(C(OCC23COC(C(c4cccc5ccccc45)O2)C3O)(c2ccccc2)c2ccc(OC)cc2)cc1. The number of aliphatic hydroxyl groups excluding tert-OH is 1. The van der Waals surface area contributed by atoms with Gasteiger partial charge in [-0.05, 0) is 57.3 Å². The molecule has 43 heavy (non-hydrogen) atoms. The fraction of sp³-hybridized carbons (Fsp3) is 0.243. The lowest BCUT2D eigenvalue weighted by Crippen LogP contribution is -2.48. The van der Waals surface area contributed by atoms with E-state index in [1.807, 2.05) is 84.9 Å². The van der Waals surface area contributed by atoms with E-state index < -0.39 is 29.5 Å². The molecule has 2 aliphatic rings. The normalized spacial score (nSPS) is 23.0. The maximum absolute atomic E-state index is 11.7. The molecule has 0 radical (unpaired) electrons. The van der Waals surface area contributed by atoms with Gasteiger partial charge < -0.3 is 28.8 Å². The lowest BCUT2D eigenvalue weighted by molar-refractivity contribution is -0.184. The van der Waals surface area contributed by atoms with Crippen LogP contribution in [0.25, 0.3) is 10.8 Å². The molecule has 4 unspecified atom stereocenters. The summed E-state index contributed by atoms with van der Waals surface area (Å²) < 4.78 is 31.1. The Labute approximate surface area is 251 Å². The van der Waals surface area contributed by atoms with E-state index in [4.69, 9.17) is 23.7 Å². The van der Waals surface area contributed by atoms with E-state index in [2.05, 4.69) is 36.4 Å². The Balaban J connectivity index is 1.31. The van der Waals surface area contributed by atoms with Crippen LogP contribution in [0.5, 0.6) is 11.5 Å². The Bertz CT molecular complexity index is 1650. The highest BCUT2D eigenvalue weighted by Crippen LogP contribution is 2.50. The van der Waals surface area contributed by atoms with Gasteiger partial charge in [-0.25, -0.2) is 0 Å². The van der Waals surface area contributed by atoms with Crippen molar-refractivity contribution in [1.82, 2.24) is 0 Å². The summed E-state index contributed by atoms with van der Waals surface area (Å²) in [7, 11) is 3.31. The topological polar surface area (TPSA) is 66.4 Å². The minimum Gasteiger partial charge on any atom is -0.497 e. The average molecular weight is 575 g/mol. The second-order valence-electron chi connectivity index (χ2n) is 11.2. The van der Waals surface area contributed by atoms with Gasteiger partial charge >= 0.3 is 0 Å². The third kappa shape index (κ3) is 4.58. The number of aliphatic hydroxyl groups is 1. The van der Waals surface area contributed by atoms with Gasteiger partial charge in [-0.15, -0.1) is 0 Å². The van der Waals surface area contributed by atoms with Crippen LogP contribution in [0, 0.1) is 0 Å². The molecule has 6 nitrogen and oxygen atoms in total. The molecular weight excluding hydrogens is 540 g/mol. The van der Waals surface area contributed by atoms with Crippen LogP contribution in [0.15, 0.2) is 121 Å². The molecular formula is C37H34O6. The summed E-state index contributed by atoms with van der Waals surface area (Å²) in [6, 6.07) is 40.3. The first-order chi connectivity index (χ1) is 21.1. The second-order valence-corrected chi connectivity index (χ2v) is 11.2. The molecule has 2 aliphatic heterocycles. The lowest BCUT2D eigenvalue weighted by Gasteiger charge is -2.39. The molecule has 5 aromatic carbocycles. The Morgan fingerprint density at radius 1 is 0.721 bits per heavy atom. The van der Waals surface area contributed by atoms with Crippen molar-refractivity contribution in [3.8, 4) is 11.5 Å². The monoisotopic (exact) mass is 574 g/mol. The number of fused-ring (bicyclic) bond motifs is 3. The number of benzene rings is 5. The first kappa shape index (κ1) is 27.6. The molecule has 5 aromatic rings. The van der Waals surface area contributed by atoms with Gasteiger partial charge in [0.15, 0.2) is 0 Å². The van der Waals surface area contributed by atoms with Gasteiger partial charge in [-0.3, -0.25) is 0 Å². The zero-order chi connectivity index (χ0) is 29.4. The van der Waals surface area contributed by atoms with Crippen LogP contribution in [-0.4, -0.2) is 50.3 Å². The average Bonchev–Trinajstić information content (AvgIpc) is 3.54. The van der Waals surface area contributed by atoms with Crippen molar-refractivity contribution in [2.75, 3.05) is 27.4 Å². The van der Waals surface area contributed by atoms with Crippen LogP contribution >= 0.6 is 0 Å². The van der Waals surface area contributed by atoms with Crippen LogP contribution in [0.1, 0.15) is 28.4 Å². The van der Waals surface area contributed by atoms with Crippen molar-refractivity contribution in [1.29, 1.82) is 0 Å². The number of ether oxygens (including phenoxy) is 5. The van der Waals surface area contributed by atoms with Crippen molar-refractivity contribution in [3.05, 3.63) is 144 Å². The highest BCUT2D eigenvalue weighted by atomic mass is 16.7. The number of hydrogen-bond donors (Lipinski definition) is 1. The Kier molecular flexibility index (Phi) is 7.15. The summed E-state index contributed by atoms with van der Waals surface area (Å²) in [5.41, 5.74) is 1.68. The molecule has 1 N–H and O–H groups in total. The highest BCUT2D eigenvalue weighted by Gasteiger charge is 2.62. The fourth-order valence-electron chi connectivity index (χ4n) is 6.59. The first-order valence-corrected chi connectivity index (χ1v) is 14.5. The van der Waals surface area contributed by atoms with Crippen molar-refractivity contribution in [2.24, 2.45) is 0 Å². The van der Waals surface area contributed by atoms with Gasteiger partial charge in [0.1, 0.15) is 41.0 Å². The largest absolute Gasteiger partial charge is 0.497 e. The van der Waals surface area contributed by atoms with Gasteiger partial charge in [0, 0.05) is 0 Å². The predicted molar refractivity (Wildman–Crippen MR) is 165 cm³/mol. The van der Waals surface area contributed by atoms with E-state index in [0.29, 0.717) is 0 Å². The summed E-state index contributed by atoms with van der Waals surface area (Å²) in [4.78, 5) is 0. The second kappa shape index (κ2) is 11.1. The summed E-state index contributed by atoms with van der Waals surface area (Å²) >= 11 is 0. The van der Waals surface area contributed by atoms with Gasteiger partial charge in [-0.1, -0.05) is 97.1 Å². The zero-order valence-corrected chi connectivity index (χ0v) is 24.2. The summed E-state index contributed by atoms with van der Waals surface area (Å²) in [6.07, 6.45) is -1.79. The van der Waals surface area contributed by atoms with Crippen molar-refractivity contribution < 1.29 is 28.8 Å². The van der Waals surface area contributed by atoms with Gasteiger partial charge in [0.25, 0.3) is 0 Å². The van der Waals surface area contributed by atoms with E-state index in [0.717, 1.165) is 44.5 Å². The molecule has 218 valence electrons. The van der Waals surface area contributed by atoms with Crippen molar-refractivity contribution in [3.63, 3.8) is 0 Å². The molecule has 2 fully saturated rings. The summed E-state index contributed by atoms with van der Waals surface area (Å²) in [6.45, 7) is 0.328. The number of hydrogen-bond acceptors (Lipinski definition) is 6. The molecule has 0 amide bonds. The molecule has 2 bridgehead atoms. The molecule has 0 aliphatic carbocycles. The minimum atomic E-state index is -1.05. The van der Waals surface area contributed by atoms with Crippen LogP contribution in [0.4, 0.5) is 0 Å². The van der Waals surface area contributed by atoms with Crippen LogP contribution in [0.3, 0.4) is 0 Å². The lowest BCUT2D eigenvalue weighted by atomic mass is 9.79. The third-order valence-corrected chi connectivity index (χ3v) is 8.87. The molecule has 4 atom stereocenters. The minimum absolute atomic E-state index is 0.0961. The van der Waals surface area contributed by atoms with Crippen molar-refractivity contribution >= 4 is 10.8 Å². The van der Waals surface area contributed by atoms with E-state index in [9.17, 15) is 5.11 Å². The predicted octanol–water partition coefficient (Wildman–Crippen LogP) is 6.44. The maximum Gasteiger partial charge on any atom is 0.144 e. The van der Waals surface area contributed by atoms with Crippen LogP contribution in [0.2, 0.25) is 0 Å². The van der Waals surface area contributed by atoms with Crippen LogP contribution < -0.4 is 9.47 Å². The van der Waals surface area contributed by atoms with E-state index in [1.54, 1.807) is 14.2 Å². The summed E-state index contributed by atoms with van der Waals surface area (Å²) in [5, 5.41) is 13.9. The highest BCUT2D eigenvalue weighted by molar-refractivity contribution is 5.86. The number of methoxy groups -OCH3 is 2. The summed E-state index contributed by atoms with van der Waals surface area (Å²) in [5.74, 6) is 1.50. The third-order valence-electron chi connectivity index (χ3n) is 8.87. The Morgan fingerprint density at radius 3 is 1.95 bits per heavy atom. The molecule has 0 saturated carbocycles.